The van der Waals surface area contributed by atoms with Gasteiger partial charge < -0.3 is 4.74 Å². The number of thiophene rings is 2. The maximum atomic E-state index is 5.42. The second kappa shape index (κ2) is 36.8. The molecule has 3 aliphatic heterocycles. The average molecular weight is 1300 g/mol. The molecule has 1 nitrogen and oxygen atoms in total. The highest BCUT2D eigenvalue weighted by molar-refractivity contribution is 7.97. The summed E-state index contributed by atoms with van der Waals surface area (Å²) in [5, 5.41) is 7.37. The van der Waals surface area contributed by atoms with Gasteiger partial charge in [-0.25, -0.2) is 0 Å². The van der Waals surface area contributed by atoms with E-state index in [1.54, 1.807) is 21.8 Å². The van der Waals surface area contributed by atoms with Crippen molar-refractivity contribution in [1.82, 2.24) is 0 Å². The first-order valence-electron chi connectivity index (χ1n) is 32.7. The minimum atomic E-state index is 0.119. The zero-order valence-electron chi connectivity index (χ0n) is 56.3. The fourth-order valence-corrected chi connectivity index (χ4v) is 22.8. The molecule has 8 aromatic carbocycles. The Hall–Kier alpha value is -5.12. The highest BCUT2D eigenvalue weighted by Gasteiger charge is 2.28. The van der Waals surface area contributed by atoms with Gasteiger partial charge in [-0.1, -0.05) is 159 Å². The number of benzene rings is 8. The molecule has 3 fully saturated rings. The summed E-state index contributed by atoms with van der Waals surface area (Å²) in [5.74, 6) is 9.57. The first-order valence-corrected chi connectivity index (χ1v) is 42.0. The Labute approximate surface area is 557 Å². The minimum absolute atomic E-state index is 0.119. The van der Waals surface area contributed by atoms with Crippen molar-refractivity contribution >= 4 is 84.7 Å². The van der Waals surface area contributed by atoms with Gasteiger partial charge in [0.25, 0.3) is 0 Å². The van der Waals surface area contributed by atoms with Crippen molar-refractivity contribution in [3.05, 3.63) is 245 Å². The molecule has 0 aliphatic carbocycles. The Morgan fingerprint density at radius 1 is 0.348 bits per heavy atom. The summed E-state index contributed by atoms with van der Waals surface area (Å²) in [5.41, 5.74) is 5.94. The van der Waals surface area contributed by atoms with Crippen molar-refractivity contribution in [1.29, 1.82) is 0 Å². The van der Waals surface area contributed by atoms with Gasteiger partial charge in [-0.15, -0.1) is 0 Å². The van der Waals surface area contributed by atoms with Gasteiger partial charge in [-0.3, -0.25) is 0 Å². The van der Waals surface area contributed by atoms with Crippen LogP contribution >= 0.6 is 20.9 Å². The van der Waals surface area contributed by atoms with Crippen LogP contribution < -0.4 is 4.74 Å². The third-order valence-electron chi connectivity index (χ3n) is 16.2. The van der Waals surface area contributed by atoms with E-state index in [-0.39, 0.29) is 31.8 Å². The maximum absolute atomic E-state index is 5.42. The molecule has 3 saturated heterocycles. The summed E-state index contributed by atoms with van der Waals surface area (Å²) in [6.45, 7) is 21.9. The van der Waals surface area contributed by atoms with Crippen molar-refractivity contribution in [2.45, 2.75) is 157 Å². The molecule has 0 radical (unpaired) electrons. The van der Waals surface area contributed by atoms with Crippen molar-refractivity contribution in [2.75, 3.05) is 54.1 Å². The van der Waals surface area contributed by atoms with Crippen molar-refractivity contribution < 1.29 is 4.74 Å². The summed E-state index contributed by atoms with van der Waals surface area (Å²) in [7, 11) is 4.11. The first-order chi connectivity index (χ1) is 43.1. The molecule has 2 unspecified atom stereocenters. The standard InChI is InChI=1S/C18H19S.C15H23S.C14H21OS.C14H11S.C11H15S.C8H11S.C2H6/c1-18(2,3)15-8-10-16(11-9-15)19-13-12-14-6-4-5-7-17(14)19;1-15(2,3)13-7-9-14(10-8-13)16-11-5-4-6-12-16;1-11-9-13(10-12(2)14(11)15-3)16-7-5-4-6-8-16;1-2-7-13(8-3-1)15-11-10-12-6-4-5-9-14(12)15;1-3-7-11(8-4-1)12-9-5-2-6-10-12;1-9(2)8-6-4-3-5-7-8;1-2/h4-13H,1-3H3;7-10H,4-6,11-12H2,1-3H3;9-10H,4-8H2,1-3H3;1-11H;1,3-4,7-8H,2,5-6,9-10H2;3-7H,1-2H3;1-2H3/q6*+1;. The average Bonchev–Trinajstić information content (AvgIpc) is 2.42. The Balaban J connectivity index is 0.000000153. The van der Waals surface area contributed by atoms with Gasteiger partial charge >= 0.3 is 0 Å². The van der Waals surface area contributed by atoms with Gasteiger partial charge in [0.1, 0.15) is 63.5 Å². The number of aryl methyl sites for hydroxylation is 2. The number of methoxy groups -OCH3 is 1. The molecular weight excluding hydrogens is 1190 g/mol. The van der Waals surface area contributed by atoms with E-state index in [4.69, 9.17) is 4.74 Å². The SMILES string of the molecule is CC.CC(C)(C)c1ccc(-[s+]2ccc3ccccc32)cc1.CC(C)(C)c1ccc([S+]2CCCCC2)cc1.COc1c(C)cc([S+]2CCCCC2)cc1C.C[S+](C)c1ccccc1.c1ccc(-[s+]2ccc3ccccc32)cc1.c1ccc([S+]2CCCCC2)cc1. The Kier molecular flexibility index (Phi) is 29.5. The monoisotopic (exact) mass is 1300 g/mol. The lowest BCUT2D eigenvalue weighted by atomic mass is 9.87. The second-order valence-corrected chi connectivity index (χ2v) is 37.8. The molecule has 470 valence electrons. The van der Waals surface area contributed by atoms with Crippen LogP contribution in [0.1, 0.15) is 135 Å². The van der Waals surface area contributed by atoms with Crippen LogP contribution in [-0.2, 0) is 54.4 Å². The summed E-state index contributed by atoms with van der Waals surface area (Å²) in [6, 6.07) is 77.2. The fraction of sp³-hybridized carbons (Fsp3) is 0.366. The van der Waals surface area contributed by atoms with Crippen molar-refractivity contribution in [2.24, 2.45) is 0 Å². The van der Waals surface area contributed by atoms with E-state index in [2.05, 4.69) is 291 Å². The fourth-order valence-electron chi connectivity index (χ4n) is 11.2. The molecule has 0 spiro atoms. The summed E-state index contributed by atoms with van der Waals surface area (Å²) in [4.78, 5) is 8.98. The molecule has 0 saturated carbocycles. The van der Waals surface area contributed by atoms with E-state index in [0.29, 0.717) is 43.6 Å². The van der Waals surface area contributed by atoms with E-state index < -0.39 is 0 Å². The van der Waals surface area contributed by atoms with Gasteiger partial charge in [-0.05, 0) is 202 Å². The van der Waals surface area contributed by atoms with Gasteiger partial charge in [0, 0.05) is 87.4 Å². The minimum Gasteiger partial charge on any atom is -0.496 e. The van der Waals surface area contributed by atoms with E-state index in [0.717, 1.165) is 5.75 Å². The molecule has 7 heteroatoms. The molecule has 2 atom stereocenters. The number of hydrogen-bond acceptors (Lipinski definition) is 1. The van der Waals surface area contributed by atoms with Crippen LogP contribution in [-0.4, -0.2) is 54.1 Å². The third kappa shape index (κ3) is 22.0. The molecule has 0 bridgehead atoms. The smallest absolute Gasteiger partial charge is 0.186 e. The Morgan fingerprint density at radius 2 is 0.663 bits per heavy atom. The highest BCUT2D eigenvalue weighted by Crippen LogP contribution is 2.41. The van der Waals surface area contributed by atoms with Crippen LogP contribution in [0, 0.1) is 13.8 Å². The summed E-state index contributed by atoms with van der Waals surface area (Å²) < 4.78 is 8.32. The molecule has 0 N–H and O–H groups in total. The van der Waals surface area contributed by atoms with Crippen LogP contribution in [0.3, 0.4) is 0 Å². The number of hydrogen-bond donors (Lipinski definition) is 0. The predicted molar refractivity (Wildman–Crippen MR) is 411 cm³/mol. The lowest BCUT2D eigenvalue weighted by molar-refractivity contribution is 0.408. The van der Waals surface area contributed by atoms with Crippen LogP contribution in [0.5, 0.6) is 5.75 Å². The second-order valence-electron chi connectivity index (χ2n) is 25.1. The summed E-state index contributed by atoms with van der Waals surface area (Å²) >= 11 is 0. The largest absolute Gasteiger partial charge is 0.496 e. The Morgan fingerprint density at radius 3 is 1.02 bits per heavy atom. The van der Waals surface area contributed by atoms with Crippen LogP contribution in [0.2, 0.25) is 0 Å². The molecule has 10 aromatic rings. The molecule has 2 aromatic heterocycles. The maximum Gasteiger partial charge on any atom is 0.186 e. The van der Waals surface area contributed by atoms with E-state index >= 15 is 0 Å². The number of fused-ring (bicyclic) bond motifs is 2. The zero-order chi connectivity index (χ0) is 63.6. The van der Waals surface area contributed by atoms with E-state index in [1.807, 2.05) is 13.8 Å². The van der Waals surface area contributed by atoms with Gasteiger partial charge in [0.05, 0.1) is 7.11 Å². The van der Waals surface area contributed by atoms with Crippen LogP contribution in [0.4, 0.5) is 0 Å². The first kappa shape index (κ1) is 71.3. The molecule has 3 aliphatic rings. The van der Waals surface area contributed by atoms with Crippen molar-refractivity contribution in [3.8, 4) is 15.5 Å². The Bertz CT molecular complexity index is 3530. The quantitative estimate of drug-likeness (QED) is 0.145. The van der Waals surface area contributed by atoms with Crippen LogP contribution in [0.25, 0.3) is 30.0 Å². The molecule has 89 heavy (non-hydrogen) atoms. The predicted octanol–water partition coefficient (Wildman–Crippen LogP) is 23.9. The number of rotatable bonds is 7. The number of ether oxygens (including phenoxy) is 1. The van der Waals surface area contributed by atoms with Gasteiger partial charge in [0.15, 0.2) is 38.8 Å². The lowest BCUT2D eigenvalue weighted by Gasteiger charge is -2.19. The van der Waals surface area contributed by atoms with Crippen LogP contribution in [0.15, 0.2) is 243 Å². The van der Waals surface area contributed by atoms with E-state index in [1.165, 1.54) is 149 Å². The van der Waals surface area contributed by atoms with Gasteiger partial charge in [0.2, 0.25) is 0 Å². The van der Waals surface area contributed by atoms with Crippen molar-refractivity contribution in [3.63, 3.8) is 0 Å². The summed E-state index contributed by atoms with van der Waals surface area (Å²) in [6.07, 6.45) is 17.4. The van der Waals surface area contributed by atoms with Gasteiger partial charge in [-0.2, -0.15) is 0 Å². The highest BCUT2D eigenvalue weighted by atomic mass is 32.2. The van der Waals surface area contributed by atoms with E-state index in [9.17, 15) is 0 Å². The zero-order valence-corrected chi connectivity index (χ0v) is 61.2. The molecule has 5 heterocycles. The third-order valence-corrected chi connectivity index (χ3v) is 29.0. The molecular formula is C82H106OS6+6. The normalized spacial score (nSPS) is 14.9. The molecule has 0 amide bonds. The topological polar surface area (TPSA) is 9.23 Å². The molecule has 13 rings (SSSR count). The lowest BCUT2D eigenvalue weighted by Crippen LogP contribution is -2.18.